The highest BCUT2D eigenvalue weighted by Gasteiger charge is 2.31. The molecule has 1 atom stereocenters. The Hall–Kier alpha value is -2.18. The minimum Gasteiger partial charge on any atom is -0.349 e. The molecule has 1 N–H and O–H groups in total. The van der Waals surface area contributed by atoms with Gasteiger partial charge in [-0.3, -0.25) is 4.79 Å². The summed E-state index contributed by atoms with van der Waals surface area (Å²) in [6.45, 7) is 8.86. The molecule has 2 aromatic carbocycles. The molecule has 0 aliphatic carbocycles. The quantitative estimate of drug-likeness (QED) is 0.755. The number of aryl methyl sites for hydroxylation is 3. The fourth-order valence-corrected chi connectivity index (χ4v) is 5.77. The first-order chi connectivity index (χ1) is 14.2. The van der Waals surface area contributed by atoms with Crippen LogP contribution in [0.15, 0.2) is 42.5 Å². The number of rotatable bonds is 6. The van der Waals surface area contributed by atoms with Gasteiger partial charge < -0.3 is 5.32 Å². The number of carbonyl (C=O) groups excluding carboxylic acids is 1. The van der Waals surface area contributed by atoms with Gasteiger partial charge in [0.2, 0.25) is 15.9 Å². The van der Waals surface area contributed by atoms with Crippen molar-refractivity contribution in [2.45, 2.75) is 52.3 Å². The largest absolute Gasteiger partial charge is 0.349 e. The maximum atomic E-state index is 12.8. The molecule has 0 bridgehead atoms. The fraction of sp³-hybridized carbons (Fsp3) is 0.458. The Morgan fingerprint density at radius 2 is 1.73 bits per heavy atom. The van der Waals surface area contributed by atoms with Crippen molar-refractivity contribution in [3.63, 3.8) is 0 Å². The molecule has 0 spiro atoms. The van der Waals surface area contributed by atoms with Crippen molar-refractivity contribution in [2.75, 3.05) is 13.1 Å². The second-order valence-electron chi connectivity index (χ2n) is 8.51. The van der Waals surface area contributed by atoms with E-state index < -0.39 is 10.0 Å². The second kappa shape index (κ2) is 9.31. The molecule has 5 nitrogen and oxygen atoms in total. The Kier molecular flexibility index (Phi) is 6.98. The lowest BCUT2D eigenvalue weighted by atomic mass is 9.95. The summed E-state index contributed by atoms with van der Waals surface area (Å²) in [5.74, 6) is -0.128. The first kappa shape index (κ1) is 22.5. The minimum atomic E-state index is -3.38. The van der Waals surface area contributed by atoms with Gasteiger partial charge in [0.05, 0.1) is 11.8 Å². The molecular weight excluding hydrogens is 396 g/mol. The summed E-state index contributed by atoms with van der Waals surface area (Å²) >= 11 is 0. The molecule has 0 radical (unpaired) electrons. The number of nitrogens with one attached hydrogen (secondary N) is 1. The third-order valence-electron chi connectivity index (χ3n) is 5.90. The maximum Gasteiger partial charge on any atom is 0.223 e. The number of sulfonamides is 1. The number of amides is 1. The molecule has 1 aliphatic rings. The van der Waals surface area contributed by atoms with Crippen LogP contribution in [-0.4, -0.2) is 31.7 Å². The van der Waals surface area contributed by atoms with Crippen LogP contribution in [0.25, 0.3) is 0 Å². The van der Waals surface area contributed by atoms with E-state index in [-0.39, 0.29) is 23.6 Å². The topological polar surface area (TPSA) is 66.5 Å². The SMILES string of the molecule is Cc1cccc(CS(=O)(=O)N2CCC(C(=O)N[C@H](C)c3ccc(C)cc3C)CC2)c1. The van der Waals surface area contributed by atoms with E-state index in [0.29, 0.717) is 25.9 Å². The Morgan fingerprint density at radius 3 is 2.37 bits per heavy atom. The smallest absolute Gasteiger partial charge is 0.223 e. The Bertz CT molecular complexity index is 1010. The molecule has 30 heavy (non-hydrogen) atoms. The molecule has 1 heterocycles. The number of benzene rings is 2. The van der Waals surface area contributed by atoms with Gasteiger partial charge in [-0.15, -0.1) is 0 Å². The molecule has 0 unspecified atom stereocenters. The van der Waals surface area contributed by atoms with Crippen LogP contribution < -0.4 is 5.32 Å². The first-order valence-corrected chi connectivity index (χ1v) is 12.2. The van der Waals surface area contributed by atoms with Gasteiger partial charge >= 0.3 is 0 Å². The summed E-state index contributed by atoms with van der Waals surface area (Å²) in [5.41, 5.74) is 5.34. The third-order valence-corrected chi connectivity index (χ3v) is 7.75. The first-order valence-electron chi connectivity index (χ1n) is 10.6. The molecule has 3 rings (SSSR count). The normalized spacial score (nSPS) is 16.9. The van der Waals surface area contributed by atoms with Crippen molar-refractivity contribution in [3.05, 3.63) is 70.3 Å². The Morgan fingerprint density at radius 1 is 1.07 bits per heavy atom. The van der Waals surface area contributed by atoms with E-state index >= 15 is 0 Å². The molecular formula is C24H32N2O3S. The van der Waals surface area contributed by atoms with Crippen molar-refractivity contribution < 1.29 is 13.2 Å². The van der Waals surface area contributed by atoms with Crippen LogP contribution in [0.2, 0.25) is 0 Å². The van der Waals surface area contributed by atoms with Gasteiger partial charge in [-0.1, -0.05) is 53.6 Å². The molecule has 1 saturated heterocycles. The van der Waals surface area contributed by atoms with Gasteiger partial charge in [0, 0.05) is 19.0 Å². The predicted molar refractivity (Wildman–Crippen MR) is 121 cm³/mol. The average molecular weight is 429 g/mol. The molecule has 1 amide bonds. The van der Waals surface area contributed by atoms with Crippen molar-refractivity contribution >= 4 is 15.9 Å². The lowest BCUT2D eigenvalue weighted by Crippen LogP contribution is -2.43. The van der Waals surface area contributed by atoms with Crippen LogP contribution in [0.3, 0.4) is 0 Å². The van der Waals surface area contributed by atoms with Gasteiger partial charge in [-0.05, 0) is 57.2 Å². The molecule has 1 fully saturated rings. The monoisotopic (exact) mass is 428 g/mol. The molecule has 0 saturated carbocycles. The van der Waals surface area contributed by atoms with E-state index in [4.69, 9.17) is 0 Å². The van der Waals surface area contributed by atoms with Crippen LogP contribution in [-0.2, 0) is 20.6 Å². The standard InChI is InChI=1S/C24H32N2O3S/c1-17-6-5-7-21(15-17)16-30(28,29)26-12-10-22(11-13-26)24(27)25-20(4)23-9-8-18(2)14-19(23)3/h5-9,14-15,20,22H,10-13,16H2,1-4H3,(H,25,27)/t20-/m1/s1. The zero-order chi connectivity index (χ0) is 21.9. The number of nitrogens with zero attached hydrogens (tertiary/aromatic N) is 1. The van der Waals surface area contributed by atoms with Crippen molar-refractivity contribution in [1.29, 1.82) is 0 Å². The van der Waals surface area contributed by atoms with E-state index in [1.807, 2.05) is 38.1 Å². The highest BCUT2D eigenvalue weighted by molar-refractivity contribution is 7.88. The van der Waals surface area contributed by atoms with Crippen molar-refractivity contribution in [2.24, 2.45) is 5.92 Å². The van der Waals surface area contributed by atoms with E-state index in [9.17, 15) is 13.2 Å². The number of hydrogen-bond donors (Lipinski definition) is 1. The zero-order valence-corrected chi connectivity index (χ0v) is 19.1. The van der Waals surface area contributed by atoms with E-state index in [1.165, 1.54) is 15.4 Å². The highest BCUT2D eigenvalue weighted by Crippen LogP contribution is 2.24. The van der Waals surface area contributed by atoms with Gasteiger partial charge in [0.1, 0.15) is 0 Å². The van der Waals surface area contributed by atoms with E-state index in [1.54, 1.807) is 0 Å². The number of hydrogen-bond acceptors (Lipinski definition) is 3. The van der Waals surface area contributed by atoms with E-state index in [0.717, 1.165) is 16.7 Å². The summed E-state index contributed by atoms with van der Waals surface area (Å²) in [6.07, 6.45) is 1.11. The number of carbonyl (C=O) groups is 1. The Labute approximate surface area is 180 Å². The number of piperidine rings is 1. The predicted octanol–water partition coefficient (Wildman–Crippen LogP) is 4.03. The van der Waals surface area contributed by atoms with Crippen LogP contribution in [0, 0.1) is 26.7 Å². The molecule has 0 aromatic heterocycles. The average Bonchev–Trinajstić information content (AvgIpc) is 2.67. The maximum absolute atomic E-state index is 12.8. The highest BCUT2D eigenvalue weighted by atomic mass is 32.2. The summed E-state index contributed by atoms with van der Waals surface area (Å²) in [6, 6.07) is 13.8. The van der Waals surface area contributed by atoms with Gasteiger partial charge in [-0.2, -0.15) is 0 Å². The lowest BCUT2D eigenvalue weighted by Gasteiger charge is -2.31. The Balaban J connectivity index is 1.56. The summed E-state index contributed by atoms with van der Waals surface area (Å²) < 4.78 is 27.1. The molecule has 162 valence electrons. The summed E-state index contributed by atoms with van der Waals surface area (Å²) in [7, 11) is -3.38. The summed E-state index contributed by atoms with van der Waals surface area (Å²) in [4.78, 5) is 12.8. The van der Waals surface area contributed by atoms with Crippen LogP contribution >= 0.6 is 0 Å². The third kappa shape index (κ3) is 5.49. The minimum absolute atomic E-state index is 0.00920. The molecule has 2 aromatic rings. The molecule has 6 heteroatoms. The second-order valence-corrected chi connectivity index (χ2v) is 10.5. The van der Waals surface area contributed by atoms with E-state index in [2.05, 4.69) is 37.4 Å². The fourth-order valence-electron chi connectivity index (χ4n) is 4.22. The van der Waals surface area contributed by atoms with Gasteiger partial charge in [0.25, 0.3) is 0 Å². The van der Waals surface area contributed by atoms with Crippen molar-refractivity contribution in [1.82, 2.24) is 9.62 Å². The van der Waals surface area contributed by atoms with Crippen LogP contribution in [0.1, 0.15) is 53.6 Å². The lowest BCUT2D eigenvalue weighted by molar-refractivity contribution is -0.126. The van der Waals surface area contributed by atoms with Crippen molar-refractivity contribution in [3.8, 4) is 0 Å². The summed E-state index contributed by atoms with van der Waals surface area (Å²) in [5, 5.41) is 3.12. The molecule has 1 aliphatic heterocycles. The van der Waals surface area contributed by atoms with Crippen LogP contribution in [0.5, 0.6) is 0 Å². The van der Waals surface area contributed by atoms with Gasteiger partial charge in [0.15, 0.2) is 0 Å². The van der Waals surface area contributed by atoms with Gasteiger partial charge in [-0.25, -0.2) is 12.7 Å². The zero-order valence-electron chi connectivity index (χ0n) is 18.3. The van der Waals surface area contributed by atoms with Crippen LogP contribution in [0.4, 0.5) is 0 Å².